The van der Waals surface area contributed by atoms with Crippen molar-refractivity contribution in [2.45, 2.75) is 18.9 Å². The highest BCUT2D eigenvalue weighted by Crippen LogP contribution is 2.35. The third kappa shape index (κ3) is 2.52. The van der Waals surface area contributed by atoms with Gasteiger partial charge in [-0.05, 0) is 30.0 Å². The van der Waals surface area contributed by atoms with E-state index in [1.165, 1.54) is 22.0 Å². The summed E-state index contributed by atoms with van der Waals surface area (Å²) in [7, 11) is 0. The maximum Gasteiger partial charge on any atom is 0.0329 e. The molecule has 1 nitrogen and oxygen atoms in total. The van der Waals surface area contributed by atoms with Crippen LogP contribution in [0.5, 0.6) is 0 Å². The summed E-state index contributed by atoms with van der Waals surface area (Å²) in [5, 5.41) is 3.50. The summed E-state index contributed by atoms with van der Waals surface area (Å²) in [5.41, 5.74) is 2.88. The van der Waals surface area contributed by atoms with Crippen LogP contribution in [0.3, 0.4) is 0 Å². The van der Waals surface area contributed by atoms with E-state index in [0.717, 1.165) is 17.4 Å². The van der Waals surface area contributed by atoms with Crippen molar-refractivity contribution in [1.29, 1.82) is 0 Å². The Hall–Kier alpha value is -0.120. The van der Waals surface area contributed by atoms with E-state index in [1.807, 2.05) is 0 Å². The first-order valence-corrected chi connectivity index (χ1v) is 6.61. The van der Waals surface area contributed by atoms with Gasteiger partial charge >= 0.3 is 0 Å². The molecule has 15 heavy (non-hydrogen) atoms. The smallest absolute Gasteiger partial charge is 0.0329 e. The molecule has 1 unspecified atom stereocenters. The van der Waals surface area contributed by atoms with Gasteiger partial charge in [-0.2, -0.15) is 0 Å². The lowest BCUT2D eigenvalue weighted by Crippen LogP contribution is -2.20. The molecule has 80 valence electrons. The number of halogens is 2. The number of nitrogens with one attached hydrogen (secondary N) is 1. The predicted octanol–water partition coefficient (Wildman–Crippen LogP) is 3.93. The largest absolute Gasteiger partial charge is 0.305 e. The number of fused-ring (bicyclic) bond motifs is 1. The lowest BCUT2D eigenvalue weighted by atomic mass is 10.1. The van der Waals surface area contributed by atoms with Crippen molar-refractivity contribution >= 4 is 31.9 Å². The first kappa shape index (κ1) is 11.4. The second-order valence-corrected chi connectivity index (χ2v) is 5.77. The van der Waals surface area contributed by atoms with Gasteiger partial charge in [-0.3, -0.25) is 0 Å². The van der Waals surface area contributed by atoms with Gasteiger partial charge in [0.25, 0.3) is 0 Å². The number of hydrogen-bond donors (Lipinski definition) is 1. The van der Waals surface area contributed by atoms with Crippen molar-refractivity contribution in [3.05, 3.63) is 44.9 Å². The third-order valence-corrected chi connectivity index (χ3v) is 3.78. The van der Waals surface area contributed by atoms with Crippen LogP contribution in [0.25, 0.3) is 0 Å². The highest BCUT2D eigenvalue weighted by molar-refractivity contribution is 9.11. The number of rotatable bonds is 3. The Morgan fingerprint density at radius 3 is 3.07 bits per heavy atom. The zero-order chi connectivity index (χ0) is 10.8. The molecule has 0 bridgehead atoms. The summed E-state index contributed by atoms with van der Waals surface area (Å²) in [6.07, 6.45) is 2.33. The topological polar surface area (TPSA) is 12.0 Å². The summed E-state index contributed by atoms with van der Waals surface area (Å²) >= 11 is 6.97. The van der Waals surface area contributed by atoms with Gasteiger partial charge in [0.05, 0.1) is 0 Å². The van der Waals surface area contributed by atoms with E-state index in [9.17, 15) is 0 Å². The van der Waals surface area contributed by atoms with Crippen LogP contribution in [0.2, 0.25) is 0 Å². The van der Waals surface area contributed by atoms with E-state index < -0.39 is 0 Å². The Balaban J connectivity index is 2.14. The minimum atomic E-state index is 0.479. The molecule has 1 atom stereocenters. The zero-order valence-electron chi connectivity index (χ0n) is 8.39. The summed E-state index contributed by atoms with van der Waals surface area (Å²) in [6.45, 7) is 4.66. The second-order valence-electron chi connectivity index (χ2n) is 3.80. The van der Waals surface area contributed by atoms with Gasteiger partial charge in [0.15, 0.2) is 0 Å². The van der Waals surface area contributed by atoms with E-state index in [0.29, 0.717) is 6.04 Å². The SMILES string of the molecule is C=C(Br)CNC1CCc2c(Br)cccc21. The minimum absolute atomic E-state index is 0.479. The summed E-state index contributed by atoms with van der Waals surface area (Å²) in [5.74, 6) is 0. The highest BCUT2D eigenvalue weighted by Gasteiger charge is 2.23. The molecule has 0 aliphatic heterocycles. The maximum absolute atomic E-state index is 3.83. The van der Waals surface area contributed by atoms with E-state index in [4.69, 9.17) is 0 Å². The van der Waals surface area contributed by atoms with Gasteiger partial charge in [0, 0.05) is 21.5 Å². The molecular weight excluding hydrogens is 318 g/mol. The first-order chi connectivity index (χ1) is 7.18. The molecule has 0 amide bonds. The Kier molecular flexibility index (Phi) is 3.65. The Morgan fingerprint density at radius 2 is 2.33 bits per heavy atom. The first-order valence-electron chi connectivity index (χ1n) is 5.02. The Bertz CT molecular complexity index is 387. The molecule has 0 heterocycles. The van der Waals surface area contributed by atoms with E-state index in [1.54, 1.807) is 0 Å². The van der Waals surface area contributed by atoms with E-state index in [2.05, 4.69) is 62.0 Å². The summed E-state index contributed by atoms with van der Waals surface area (Å²) < 4.78 is 2.24. The molecule has 1 aromatic rings. The Morgan fingerprint density at radius 1 is 1.53 bits per heavy atom. The molecule has 0 saturated carbocycles. The lowest BCUT2D eigenvalue weighted by Gasteiger charge is -2.13. The van der Waals surface area contributed by atoms with Gasteiger partial charge in [0.1, 0.15) is 0 Å². The molecule has 0 saturated heterocycles. The third-order valence-electron chi connectivity index (χ3n) is 2.75. The second kappa shape index (κ2) is 4.81. The molecule has 0 aromatic heterocycles. The van der Waals surface area contributed by atoms with Crippen LogP contribution in [0, 0.1) is 0 Å². The maximum atomic E-state index is 3.83. The van der Waals surface area contributed by atoms with Crippen molar-refractivity contribution in [1.82, 2.24) is 5.32 Å². The number of benzene rings is 1. The predicted molar refractivity (Wildman–Crippen MR) is 71.3 cm³/mol. The van der Waals surface area contributed by atoms with E-state index in [-0.39, 0.29) is 0 Å². The number of hydrogen-bond acceptors (Lipinski definition) is 1. The summed E-state index contributed by atoms with van der Waals surface area (Å²) in [6, 6.07) is 6.91. The van der Waals surface area contributed by atoms with Crippen molar-refractivity contribution in [2.24, 2.45) is 0 Å². The molecule has 3 heteroatoms. The fourth-order valence-corrected chi connectivity index (χ4v) is 2.80. The van der Waals surface area contributed by atoms with Crippen molar-refractivity contribution in [2.75, 3.05) is 6.54 Å². The highest BCUT2D eigenvalue weighted by atomic mass is 79.9. The van der Waals surface area contributed by atoms with Gasteiger partial charge in [-0.25, -0.2) is 0 Å². The molecule has 0 fully saturated rings. The molecule has 0 radical (unpaired) electrons. The molecule has 1 aliphatic rings. The average Bonchev–Trinajstić information content (AvgIpc) is 2.59. The quantitative estimate of drug-likeness (QED) is 0.885. The average molecular weight is 331 g/mol. The minimum Gasteiger partial charge on any atom is -0.305 e. The molecular formula is C12H13Br2N. The van der Waals surface area contributed by atoms with Crippen LogP contribution in [0.4, 0.5) is 0 Å². The van der Waals surface area contributed by atoms with Gasteiger partial charge in [-0.1, -0.05) is 50.6 Å². The summed E-state index contributed by atoms with van der Waals surface area (Å²) in [4.78, 5) is 0. The van der Waals surface area contributed by atoms with Gasteiger partial charge in [-0.15, -0.1) is 0 Å². The van der Waals surface area contributed by atoms with Crippen LogP contribution in [-0.4, -0.2) is 6.54 Å². The zero-order valence-corrected chi connectivity index (χ0v) is 11.6. The van der Waals surface area contributed by atoms with Crippen LogP contribution < -0.4 is 5.32 Å². The van der Waals surface area contributed by atoms with Crippen LogP contribution in [0.15, 0.2) is 33.7 Å². The van der Waals surface area contributed by atoms with Crippen LogP contribution in [0.1, 0.15) is 23.6 Å². The standard InChI is InChI=1S/C12H13Br2N/c1-8(13)7-15-12-6-5-9-10(12)3-2-4-11(9)14/h2-4,12,15H,1,5-7H2. The van der Waals surface area contributed by atoms with Gasteiger partial charge in [0.2, 0.25) is 0 Å². The van der Waals surface area contributed by atoms with Crippen molar-refractivity contribution in [3.63, 3.8) is 0 Å². The van der Waals surface area contributed by atoms with Crippen molar-refractivity contribution < 1.29 is 0 Å². The molecule has 2 rings (SSSR count). The lowest BCUT2D eigenvalue weighted by molar-refractivity contribution is 0.563. The van der Waals surface area contributed by atoms with Crippen LogP contribution in [-0.2, 0) is 6.42 Å². The molecule has 1 aromatic carbocycles. The van der Waals surface area contributed by atoms with Crippen LogP contribution >= 0.6 is 31.9 Å². The van der Waals surface area contributed by atoms with E-state index >= 15 is 0 Å². The molecule has 1 aliphatic carbocycles. The fraction of sp³-hybridized carbons (Fsp3) is 0.333. The fourth-order valence-electron chi connectivity index (χ4n) is 2.06. The molecule has 1 N–H and O–H groups in total. The monoisotopic (exact) mass is 329 g/mol. The molecule has 0 spiro atoms. The normalized spacial score (nSPS) is 18.9. The van der Waals surface area contributed by atoms with Gasteiger partial charge < -0.3 is 5.32 Å². The van der Waals surface area contributed by atoms with Crippen molar-refractivity contribution in [3.8, 4) is 0 Å². The Labute approximate surface area is 107 Å².